The molecule has 2 aliphatic heterocycles. The first kappa shape index (κ1) is 16.2. The number of amides is 2. The van der Waals surface area contributed by atoms with E-state index in [1.807, 2.05) is 4.90 Å². The molecule has 2 rings (SSSR count). The molecular weight excluding hydrogens is 270 g/mol. The fraction of sp³-hybridized carbons (Fsp3) is 0.867. The van der Waals surface area contributed by atoms with Gasteiger partial charge in [0.05, 0.1) is 17.9 Å². The zero-order valence-electron chi connectivity index (χ0n) is 13.1. The molecule has 0 bridgehead atoms. The number of nitrogens with zero attached hydrogens (tertiary/aromatic N) is 1. The Hall–Kier alpha value is -1.14. The summed E-state index contributed by atoms with van der Waals surface area (Å²) in [5.74, 6) is -0.387. The highest BCUT2D eigenvalue weighted by Crippen LogP contribution is 2.34. The van der Waals surface area contributed by atoms with Crippen LogP contribution in [0, 0.1) is 11.3 Å². The Morgan fingerprint density at radius 3 is 2.57 bits per heavy atom. The lowest BCUT2D eigenvalue weighted by molar-refractivity contribution is -0.153. The van der Waals surface area contributed by atoms with Gasteiger partial charge in [-0.1, -0.05) is 0 Å². The Bertz CT molecular complexity index is 388. The average molecular weight is 297 g/mol. The number of nitrogens with one attached hydrogen (secondary N) is 1. The standard InChI is InChI=1S/C15H27N3O3/c1-11-3-4-12(13(16)19)9-18(11)14(20)15(10-21-2)5-7-17-8-6-15/h11-12,17H,3-10H2,1-2H3,(H2,16,19). The van der Waals surface area contributed by atoms with Gasteiger partial charge in [-0.15, -0.1) is 0 Å². The van der Waals surface area contributed by atoms with Gasteiger partial charge in [-0.05, 0) is 45.7 Å². The molecule has 2 unspecified atom stereocenters. The molecular formula is C15H27N3O3. The summed E-state index contributed by atoms with van der Waals surface area (Å²) >= 11 is 0. The van der Waals surface area contributed by atoms with E-state index < -0.39 is 5.41 Å². The molecule has 6 heteroatoms. The number of carbonyl (C=O) groups excluding carboxylic acids is 2. The zero-order chi connectivity index (χ0) is 15.5. The Labute approximate surface area is 126 Å². The van der Waals surface area contributed by atoms with Crippen molar-refractivity contribution in [3.8, 4) is 0 Å². The predicted molar refractivity (Wildman–Crippen MR) is 79.5 cm³/mol. The quantitative estimate of drug-likeness (QED) is 0.771. The van der Waals surface area contributed by atoms with Gasteiger partial charge in [0, 0.05) is 19.7 Å². The Balaban J connectivity index is 2.16. The van der Waals surface area contributed by atoms with E-state index >= 15 is 0 Å². The molecule has 2 atom stereocenters. The molecule has 2 heterocycles. The van der Waals surface area contributed by atoms with Crippen molar-refractivity contribution in [2.45, 2.75) is 38.6 Å². The molecule has 2 aliphatic rings. The highest BCUT2D eigenvalue weighted by molar-refractivity contribution is 5.85. The number of methoxy groups -OCH3 is 1. The van der Waals surface area contributed by atoms with Gasteiger partial charge in [-0.2, -0.15) is 0 Å². The zero-order valence-corrected chi connectivity index (χ0v) is 13.1. The average Bonchev–Trinajstić information content (AvgIpc) is 2.48. The lowest BCUT2D eigenvalue weighted by atomic mass is 9.77. The molecule has 0 spiro atoms. The largest absolute Gasteiger partial charge is 0.384 e. The van der Waals surface area contributed by atoms with Crippen LogP contribution in [0.3, 0.4) is 0 Å². The summed E-state index contributed by atoms with van der Waals surface area (Å²) in [6.45, 7) is 4.61. The smallest absolute Gasteiger partial charge is 0.231 e. The van der Waals surface area contributed by atoms with Gasteiger partial charge in [0.15, 0.2) is 0 Å². The van der Waals surface area contributed by atoms with E-state index in [1.54, 1.807) is 7.11 Å². The second-order valence-corrected chi connectivity index (χ2v) is 6.45. The van der Waals surface area contributed by atoms with E-state index in [2.05, 4.69) is 12.2 Å². The molecule has 21 heavy (non-hydrogen) atoms. The molecule has 0 aromatic rings. The van der Waals surface area contributed by atoms with Crippen LogP contribution < -0.4 is 11.1 Å². The van der Waals surface area contributed by atoms with E-state index in [9.17, 15) is 9.59 Å². The number of piperidine rings is 2. The maximum absolute atomic E-state index is 13.1. The Morgan fingerprint density at radius 2 is 2.00 bits per heavy atom. The molecule has 6 nitrogen and oxygen atoms in total. The van der Waals surface area contributed by atoms with Crippen molar-refractivity contribution in [3.63, 3.8) is 0 Å². The molecule has 2 saturated heterocycles. The minimum Gasteiger partial charge on any atom is -0.384 e. The van der Waals surface area contributed by atoms with Crippen LogP contribution in [-0.2, 0) is 14.3 Å². The minimum atomic E-state index is -0.451. The van der Waals surface area contributed by atoms with Crippen LogP contribution in [-0.4, -0.2) is 56.1 Å². The number of nitrogens with two attached hydrogens (primary N) is 1. The molecule has 0 aliphatic carbocycles. The molecule has 3 N–H and O–H groups in total. The lowest BCUT2D eigenvalue weighted by Crippen LogP contribution is -2.57. The summed E-state index contributed by atoms with van der Waals surface area (Å²) in [5.41, 5.74) is 4.98. The van der Waals surface area contributed by atoms with Crippen LogP contribution in [0.2, 0.25) is 0 Å². The van der Waals surface area contributed by atoms with Crippen LogP contribution in [0.4, 0.5) is 0 Å². The van der Waals surface area contributed by atoms with E-state index in [1.165, 1.54) is 0 Å². The van der Waals surface area contributed by atoms with Crippen LogP contribution in [0.25, 0.3) is 0 Å². The first-order valence-corrected chi connectivity index (χ1v) is 7.80. The number of rotatable bonds is 4. The summed E-state index contributed by atoms with van der Waals surface area (Å²) in [5, 5.41) is 3.29. The molecule has 120 valence electrons. The van der Waals surface area contributed by atoms with Crippen LogP contribution in [0.5, 0.6) is 0 Å². The van der Waals surface area contributed by atoms with Gasteiger partial charge in [0.2, 0.25) is 11.8 Å². The maximum atomic E-state index is 13.1. The maximum Gasteiger partial charge on any atom is 0.231 e. The third-order valence-corrected chi connectivity index (χ3v) is 4.98. The number of hydrogen-bond acceptors (Lipinski definition) is 4. The number of ether oxygens (including phenoxy) is 1. The topological polar surface area (TPSA) is 84.7 Å². The molecule has 2 fully saturated rings. The van der Waals surface area contributed by atoms with Crippen molar-refractivity contribution in [1.29, 1.82) is 0 Å². The van der Waals surface area contributed by atoms with Crippen molar-refractivity contribution in [1.82, 2.24) is 10.2 Å². The highest BCUT2D eigenvalue weighted by atomic mass is 16.5. The molecule has 0 radical (unpaired) electrons. The molecule has 0 aromatic carbocycles. The fourth-order valence-corrected chi connectivity index (χ4v) is 3.53. The molecule has 0 aromatic heterocycles. The summed E-state index contributed by atoms with van der Waals surface area (Å²) in [6.07, 6.45) is 3.17. The number of primary amides is 1. The normalized spacial score (nSPS) is 29.1. The van der Waals surface area contributed by atoms with Crippen LogP contribution in [0.1, 0.15) is 32.6 Å². The van der Waals surface area contributed by atoms with E-state index in [0.29, 0.717) is 13.2 Å². The third-order valence-electron chi connectivity index (χ3n) is 4.98. The first-order valence-electron chi connectivity index (χ1n) is 7.80. The van der Waals surface area contributed by atoms with Gasteiger partial charge in [0.1, 0.15) is 0 Å². The number of likely N-dealkylation sites (tertiary alicyclic amines) is 1. The highest BCUT2D eigenvalue weighted by Gasteiger charge is 2.45. The SMILES string of the molecule is COCC1(C(=O)N2CC(C(N)=O)CCC2C)CCNCC1. The fourth-order valence-electron chi connectivity index (χ4n) is 3.53. The summed E-state index contributed by atoms with van der Waals surface area (Å²) in [6, 6.07) is 0.164. The van der Waals surface area contributed by atoms with Crippen molar-refractivity contribution in [2.24, 2.45) is 17.1 Å². The minimum absolute atomic E-state index is 0.129. The van der Waals surface area contributed by atoms with Gasteiger partial charge >= 0.3 is 0 Å². The number of carbonyl (C=O) groups is 2. The summed E-state index contributed by atoms with van der Waals surface area (Å²) in [7, 11) is 1.64. The lowest BCUT2D eigenvalue weighted by Gasteiger charge is -2.44. The van der Waals surface area contributed by atoms with Crippen LogP contribution >= 0.6 is 0 Å². The van der Waals surface area contributed by atoms with Crippen molar-refractivity contribution in [3.05, 3.63) is 0 Å². The second kappa shape index (κ2) is 6.75. The summed E-state index contributed by atoms with van der Waals surface area (Å²) in [4.78, 5) is 26.4. The summed E-state index contributed by atoms with van der Waals surface area (Å²) < 4.78 is 5.34. The third kappa shape index (κ3) is 3.37. The molecule has 0 saturated carbocycles. The van der Waals surface area contributed by atoms with Gasteiger partial charge < -0.3 is 20.7 Å². The molecule has 2 amide bonds. The van der Waals surface area contributed by atoms with Crippen molar-refractivity contribution >= 4 is 11.8 Å². The van der Waals surface area contributed by atoms with Crippen molar-refractivity contribution < 1.29 is 14.3 Å². The van der Waals surface area contributed by atoms with E-state index in [0.717, 1.165) is 38.8 Å². The predicted octanol–water partition coefficient (Wildman–Crippen LogP) is 0.115. The Kier molecular flexibility index (Phi) is 5.22. The second-order valence-electron chi connectivity index (χ2n) is 6.45. The van der Waals surface area contributed by atoms with Gasteiger partial charge in [-0.3, -0.25) is 9.59 Å². The van der Waals surface area contributed by atoms with Gasteiger partial charge in [0.25, 0.3) is 0 Å². The number of hydrogen-bond donors (Lipinski definition) is 2. The monoisotopic (exact) mass is 297 g/mol. The van der Waals surface area contributed by atoms with Crippen molar-refractivity contribution in [2.75, 3.05) is 33.4 Å². The Morgan fingerprint density at radius 1 is 1.33 bits per heavy atom. The van der Waals surface area contributed by atoms with E-state index in [-0.39, 0.29) is 23.8 Å². The first-order chi connectivity index (χ1) is 10.00. The van der Waals surface area contributed by atoms with Gasteiger partial charge in [-0.25, -0.2) is 0 Å². The van der Waals surface area contributed by atoms with E-state index in [4.69, 9.17) is 10.5 Å². The van der Waals surface area contributed by atoms with Crippen LogP contribution in [0.15, 0.2) is 0 Å².